The Balaban J connectivity index is 0. The Kier molecular flexibility index (Phi) is 14.3. The summed E-state index contributed by atoms with van der Waals surface area (Å²) in [5, 5.41) is 0. The van der Waals surface area contributed by atoms with Crippen molar-refractivity contribution in [2.45, 2.75) is 6.82 Å². The van der Waals surface area contributed by atoms with Crippen LogP contribution in [0.15, 0.2) is 30.3 Å². The molecule has 0 fully saturated rings. The van der Waals surface area contributed by atoms with E-state index >= 15 is 0 Å². The smallest absolute Gasteiger partial charge is 0.183 e. The van der Waals surface area contributed by atoms with Crippen LogP contribution in [0.1, 0.15) is 0 Å². The van der Waals surface area contributed by atoms with Gasteiger partial charge in [0.2, 0.25) is 0 Å². The third kappa shape index (κ3) is 8.54. The van der Waals surface area contributed by atoms with Gasteiger partial charge in [0.25, 0.3) is 0 Å². The number of benzene rings is 1. The monoisotopic (exact) mass is 405 g/mol. The standard InChI is InChI=1S/C6H8N2.CH4BS.U/c7-8-6-4-2-1-3-5-6;1-2-3;/h1-5,8H,7H2;3H,1H3;. The first-order valence-corrected chi connectivity index (χ1v) is 3.80. The maximum atomic E-state index is 5.10. The second-order valence-corrected chi connectivity index (χ2v) is 2.28. The van der Waals surface area contributed by atoms with Crippen molar-refractivity contribution in [1.82, 2.24) is 0 Å². The van der Waals surface area contributed by atoms with Crippen LogP contribution < -0.4 is 11.3 Å². The quantitative estimate of drug-likeness (QED) is 0.287. The number of thiol groups is 1. The number of hydrogen-bond donors (Lipinski definition) is 3. The number of hydrazine groups is 1. The van der Waals surface area contributed by atoms with Crippen LogP contribution in [0.4, 0.5) is 5.69 Å². The first kappa shape index (κ1) is 14.9. The molecule has 0 aliphatic rings. The molecule has 0 unspecified atom stereocenters. The maximum absolute atomic E-state index is 5.10. The Morgan fingerprint density at radius 1 is 1.33 bits per heavy atom. The number of para-hydroxylation sites is 1. The van der Waals surface area contributed by atoms with Crippen LogP contribution in [-0.2, 0) is 0 Å². The Hall–Kier alpha value is 0.447. The van der Waals surface area contributed by atoms with Crippen molar-refractivity contribution >= 4 is 24.7 Å². The zero-order chi connectivity index (χ0) is 8.53. The van der Waals surface area contributed by atoms with E-state index in [1.165, 1.54) is 0 Å². The molecule has 0 amide bonds. The van der Waals surface area contributed by atoms with Crippen molar-refractivity contribution in [3.8, 4) is 0 Å². The molecule has 5 heteroatoms. The van der Waals surface area contributed by atoms with Crippen LogP contribution >= 0.6 is 12.5 Å². The van der Waals surface area contributed by atoms with E-state index in [2.05, 4.69) is 17.9 Å². The summed E-state index contributed by atoms with van der Waals surface area (Å²) in [5.41, 5.74) is 3.46. The Morgan fingerprint density at radius 2 is 1.75 bits per heavy atom. The molecule has 2 nitrogen and oxygen atoms in total. The molecule has 0 aliphatic carbocycles. The first-order chi connectivity index (χ1) is 5.35. The molecule has 0 saturated carbocycles. The molecule has 0 saturated heterocycles. The summed E-state index contributed by atoms with van der Waals surface area (Å²) in [7, 11) is 0. The van der Waals surface area contributed by atoms with Gasteiger partial charge in [-0.3, -0.25) is 5.84 Å². The Labute approximate surface area is 104 Å². The molecule has 1 rings (SSSR count). The van der Waals surface area contributed by atoms with Gasteiger partial charge in [0.15, 0.2) is 6.56 Å². The van der Waals surface area contributed by atoms with Crippen LogP contribution in [0, 0.1) is 31.1 Å². The molecule has 0 aromatic heterocycles. The molecule has 1 aromatic carbocycles. The fourth-order valence-corrected chi connectivity index (χ4v) is 0.534. The zero-order valence-electron chi connectivity index (χ0n) is 6.99. The van der Waals surface area contributed by atoms with Gasteiger partial charge in [0.05, 0.1) is 0 Å². The van der Waals surface area contributed by atoms with Gasteiger partial charge in [-0.25, -0.2) is 12.5 Å². The van der Waals surface area contributed by atoms with E-state index in [1.807, 2.05) is 37.2 Å². The number of nitrogens with one attached hydrogen (secondary N) is 1. The minimum Gasteiger partial charge on any atom is -0.324 e. The summed E-state index contributed by atoms with van der Waals surface area (Å²) >= 11 is 3.66. The predicted molar refractivity (Wildman–Crippen MR) is 54.9 cm³/mol. The molecule has 63 valence electrons. The Morgan fingerprint density at radius 3 is 2.00 bits per heavy atom. The van der Waals surface area contributed by atoms with Gasteiger partial charge in [-0.1, -0.05) is 25.0 Å². The molecule has 0 atom stereocenters. The van der Waals surface area contributed by atoms with E-state index in [0.717, 1.165) is 5.69 Å². The van der Waals surface area contributed by atoms with Gasteiger partial charge in [-0.05, 0) is 12.1 Å². The van der Waals surface area contributed by atoms with E-state index in [4.69, 9.17) is 5.84 Å². The summed E-state index contributed by atoms with van der Waals surface area (Å²) in [6, 6.07) is 9.60. The van der Waals surface area contributed by atoms with Gasteiger partial charge < -0.3 is 5.43 Å². The maximum Gasteiger partial charge on any atom is 0.183 e. The van der Waals surface area contributed by atoms with Gasteiger partial charge in [-0.15, -0.1) is 0 Å². The molecule has 3 N–H and O–H groups in total. The first-order valence-electron chi connectivity index (χ1n) is 3.28. The van der Waals surface area contributed by atoms with Crippen LogP contribution in [0.3, 0.4) is 0 Å². The van der Waals surface area contributed by atoms with Crippen molar-refractivity contribution in [3.05, 3.63) is 30.3 Å². The largest absolute Gasteiger partial charge is 0.324 e. The predicted octanol–water partition coefficient (Wildman–Crippen LogP) is 1.56. The third-order valence-corrected chi connectivity index (χ3v) is 0.940. The van der Waals surface area contributed by atoms with Crippen LogP contribution in [0.2, 0.25) is 6.82 Å². The fourth-order valence-electron chi connectivity index (χ4n) is 0.534. The van der Waals surface area contributed by atoms with Crippen molar-refractivity contribution in [2.24, 2.45) is 5.84 Å². The van der Waals surface area contributed by atoms with Gasteiger partial charge in [0, 0.05) is 36.8 Å². The van der Waals surface area contributed by atoms with E-state index in [-0.39, 0.29) is 31.1 Å². The van der Waals surface area contributed by atoms with Crippen molar-refractivity contribution in [3.63, 3.8) is 0 Å². The van der Waals surface area contributed by atoms with Gasteiger partial charge >= 0.3 is 0 Å². The normalized spacial score (nSPS) is 6.92. The topological polar surface area (TPSA) is 38.0 Å². The number of nitrogens with two attached hydrogens (primary N) is 1. The van der Waals surface area contributed by atoms with Gasteiger partial charge in [0.1, 0.15) is 0 Å². The number of anilines is 1. The SMILES string of the molecule is C[B]S.NNc1ccccc1.[U]. The van der Waals surface area contributed by atoms with Crippen LogP contribution in [0.25, 0.3) is 0 Å². The van der Waals surface area contributed by atoms with Crippen molar-refractivity contribution < 1.29 is 31.1 Å². The average Bonchev–Trinajstić information content (AvgIpc) is 2.08. The van der Waals surface area contributed by atoms with Crippen LogP contribution in [-0.4, -0.2) is 6.56 Å². The molecular weight excluding hydrogens is 393 g/mol. The second kappa shape index (κ2) is 11.4. The Bertz CT molecular complexity index is 174. The van der Waals surface area contributed by atoms with Crippen molar-refractivity contribution in [2.75, 3.05) is 5.43 Å². The molecule has 1 radical (unpaired) electrons. The van der Waals surface area contributed by atoms with E-state index in [9.17, 15) is 0 Å². The number of rotatable bonds is 1. The van der Waals surface area contributed by atoms with Gasteiger partial charge in [-0.2, -0.15) is 0 Å². The molecule has 0 aliphatic heterocycles. The van der Waals surface area contributed by atoms with E-state index in [0.29, 0.717) is 0 Å². The second-order valence-electron chi connectivity index (χ2n) is 1.77. The molecule has 1 aromatic rings. The molecule has 0 bridgehead atoms. The summed E-state index contributed by atoms with van der Waals surface area (Å²) in [4.78, 5) is 0. The summed E-state index contributed by atoms with van der Waals surface area (Å²) < 4.78 is 0. The third-order valence-electron chi connectivity index (χ3n) is 0.940. The van der Waals surface area contributed by atoms with E-state index < -0.39 is 0 Å². The molecule has 0 spiro atoms. The van der Waals surface area contributed by atoms with Crippen LogP contribution in [0.5, 0.6) is 0 Å². The number of hydrogen-bond acceptors (Lipinski definition) is 3. The fraction of sp³-hybridized carbons (Fsp3) is 0.143. The summed E-state index contributed by atoms with van der Waals surface area (Å²) in [6.07, 6.45) is 0. The summed E-state index contributed by atoms with van der Waals surface area (Å²) in [6.45, 7) is 3.56. The zero-order valence-corrected chi connectivity index (χ0v) is 12.0. The minimum absolute atomic E-state index is 0. The van der Waals surface area contributed by atoms with E-state index in [1.54, 1.807) is 6.56 Å². The molecule has 12 heavy (non-hydrogen) atoms. The number of nitrogen functional groups attached to an aromatic ring is 1. The molecule has 0 heterocycles. The molecular formula is C7H12BN2SU. The minimum atomic E-state index is 0. The summed E-state index contributed by atoms with van der Waals surface area (Å²) in [5.74, 6) is 5.10. The van der Waals surface area contributed by atoms with Crippen molar-refractivity contribution in [1.29, 1.82) is 0 Å². The average molecular weight is 405 g/mol.